The lowest BCUT2D eigenvalue weighted by Gasteiger charge is -2.20. The molecule has 0 unspecified atom stereocenters. The topological polar surface area (TPSA) is 48.5 Å². The molecular weight excluding hydrogens is 971 g/mol. The van der Waals surface area contributed by atoms with E-state index in [1.54, 1.807) is 0 Å². The van der Waals surface area contributed by atoms with Gasteiger partial charge in [0.1, 0.15) is 0 Å². The SMILES string of the molecule is c1ccc(-c2ccc3c(c2)c2cc(-c4ccccc4)ccc2n3-c2ccc(-c3cc(-c4ccccc4)nc(-c4ccccc4)n3)cc2-c2ccncc2-n2c3ccc(-c4ccccc4)cc3c3cc(-c4ccccc4)ccc32)cc1. The lowest BCUT2D eigenvalue weighted by atomic mass is 9.97. The van der Waals surface area contributed by atoms with Crippen LogP contribution in [0.2, 0.25) is 0 Å². The van der Waals surface area contributed by atoms with Crippen LogP contribution in [0.3, 0.4) is 0 Å². The van der Waals surface area contributed by atoms with Gasteiger partial charge in [-0.15, -0.1) is 0 Å². The Balaban J connectivity index is 1.02. The van der Waals surface area contributed by atoms with Crippen molar-refractivity contribution < 1.29 is 0 Å². The van der Waals surface area contributed by atoms with Gasteiger partial charge < -0.3 is 9.13 Å². The fourth-order valence-corrected chi connectivity index (χ4v) is 11.8. The number of benzene rings is 11. The van der Waals surface area contributed by atoms with Crippen LogP contribution in [0.1, 0.15) is 0 Å². The Labute approximate surface area is 463 Å². The van der Waals surface area contributed by atoms with E-state index in [1.807, 2.05) is 36.7 Å². The van der Waals surface area contributed by atoms with Crippen molar-refractivity contribution in [3.8, 4) is 101 Å². The van der Waals surface area contributed by atoms with Gasteiger partial charge in [-0.25, -0.2) is 9.97 Å². The summed E-state index contributed by atoms with van der Waals surface area (Å²) in [5, 5.41) is 4.67. The van der Waals surface area contributed by atoms with Crippen molar-refractivity contribution in [2.75, 3.05) is 0 Å². The normalized spacial score (nSPS) is 11.5. The van der Waals surface area contributed by atoms with Gasteiger partial charge in [0.15, 0.2) is 5.82 Å². The molecule has 0 N–H and O–H groups in total. The van der Waals surface area contributed by atoms with Gasteiger partial charge in [-0.3, -0.25) is 4.98 Å². The van der Waals surface area contributed by atoms with Crippen LogP contribution in [-0.2, 0) is 0 Å². The summed E-state index contributed by atoms with van der Waals surface area (Å²) in [6, 6.07) is 102. The molecule has 15 aromatic rings. The van der Waals surface area contributed by atoms with Crippen LogP contribution < -0.4 is 0 Å². The van der Waals surface area contributed by atoms with Crippen molar-refractivity contribution in [1.82, 2.24) is 24.1 Å². The third-order valence-corrected chi connectivity index (χ3v) is 15.7. The molecule has 0 radical (unpaired) electrons. The van der Waals surface area contributed by atoms with E-state index in [1.165, 1.54) is 44.2 Å². The van der Waals surface area contributed by atoms with E-state index in [4.69, 9.17) is 15.0 Å². The highest BCUT2D eigenvalue weighted by Gasteiger charge is 2.24. The number of hydrogen-bond acceptors (Lipinski definition) is 3. The van der Waals surface area contributed by atoms with Gasteiger partial charge in [-0.2, -0.15) is 0 Å². The molecule has 0 aliphatic carbocycles. The van der Waals surface area contributed by atoms with Crippen molar-refractivity contribution >= 4 is 43.6 Å². The average molecular weight is 1020 g/mol. The Kier molecular flexibility index (Phi) is 11.4. The summed E-state index contributed by atoms with van der Waals surface area (Å²) in [5.41, 5.74) is 22.4. The first-order valence-corrected chi connectivity index (χ1v) is 27.1. The smallest absolute Gasteiger partial charge is 0.160 e. The highest BCUT2D eigenvalue weighted by atomic mass is 15.0. The van der Waals surface area contributed by atoms with Crippen molar-refractivity contribution in [2.24, 2.45) is 0 Å². The van der Waals surface area contributed by atoms with E-state index >= 15 is 0 Å². The first-order chi connectivity index (χ1) is 39.7. The molecule has 5 heteroatoms. The summed E-state index contributed by atoms with van der Waals surface area (Å²) < 4.78 is 4.88. The summed E-state index contributed by atoms with van der Waals surface area (Å²) in [6.45, 7) is 0. The van der Waals surface area contributed by atoms with Crippen LogP contribution in [0.4, 0.5) is 0 Å². The van der Waals surface area contributed by atoms with E-state index in [2.05, 4.69) is 270 Å². The van der Waals surface area contributed by atoms with Gasteiger partial charge in [-0.1, -0.05) is 212 Å². The molecule has 5 nitrogen and oxygen atoms in total. The zero-order valence-corrected chi connectivity index (χ0v) is 43.5. The van der Waals surface area contributed by atoms with Gasteiger partial charge in [0.2, 0.25) is 0 Å². The quantitative estimate of drug-likeness (QED) is 0.137. The minimum absolute atomic E-state index is 0.665. The molecule has 15 rings (SSSR count). The van der Waals surface area contributed by atoms with Crippen LogP contribution in [-0.4, -0.2) is 24.1 Å². The van der Waals surface area contributed by atoms with Crippen LogP contribution >= 0.6 is 0 Å². The lowest BCUT2D eigenvalue weighted by molar-refractivity contribution is 1.13. The molecule has 0 aliphatic rings. The van der Waals surface area contributed by atoms with Gasteiger partial charge in [0, 0.05) is 55.6 Å². The van der Waals surface area contributed by atoms with E-state index in [0.29, 0.717) is 5.82 Å². The Hall–Kier alpha value is -10.8. The van der Waals surface area contributed by atoms with Gasteiger partial charge in [0.25, 0.3) is 0 Å². The first kappa shape index (κ1) is 46.5. The first-order valence-electron chi connectivity index (χ1n) is 27.1. The molecule has 0 fully saturated rings. The van der Waals surface area contributed by atoms with Crippen LogP contribution in [0, 0.1) is 0 Å². The Morgan fingerprint density at radius 2 is 0.588 bits per heavy atom. The molecule has 0 atom stereocenters. The van der Waals surface area contributed by atoms with Crippen molar-refractivity contribution in [2.45, 2.75) is 0 Å². The molecule has 374 valence electrons. The number of nitrogens with zero attached hydrogens (tertiary/aromatic N) is 5. The number of aromatic nitrogens is 5. The average Bonchev–Trinajstić information content (AvgIpc) is 4.17. The van der Waals surface area contributed by atoms with E-state index in [-0.39, 0.29) is 0 Å². The fraction of sp³-hybridized carbons (Fsp3) is 0. The predicted molar refractivity (Wildman–Crippen MR) is 332 cm³/mol. The Morgan fingerprint density at radius 3 is 1.00 bits per heavy atom. The van der Waals surface area contributed by atoms with E-state index < -0.39 is 0 Å². The van der Waals surface area contributed by atoms with Crippen LogP contribution in [0.5, 0.6) is 0 Å². The van der Waals surface area contributed by atoms with E-state index in [9.17, 15) is 0 Å². The molecule has 0 saturated heterocycles. The van der Waals surface area contributed by atoms with Gasteiger partial charge in [0.05, 0.1) is 51.0 Å². The molecule has 0 saturated carbocycles. The molecule has 0 spiro atoms. The third-order valence-electron chi connectivity index (χ3n) is 15.7. The molecule has 0 aliphatic heterocycles. The Morgan fingerprint density at radius 1 is 0.237 bits per heavy atom. The van der Waals surface area contributed by atoms with Gasteiger partial charge in [-0.05, 0) is 117 Å². The monoisotopic (exact) mass is 1020 g/mol. The molecule has 4 aromatic heterocycles. The zero-order chi connectivity index (χ0) is 52.9. The second kappa shape index (κ2) is 19.7. The minimum atomic E-state index is 0.665. The summed E-state index contributed by atoms with van der Waals surface area (Å²) in [4.78, 5) is 15.5. The second-order valence-electron chi connectivity index (χ2n) is 20.4. The molecule has 0 bridgehead atoms. The number of pyridine rings is 1. The predicted octanol–water partition coefficient (Wildman–Crippen LogP) is 19.4. The molecule has 0 amide bonds. The minimum Gasteiger partial charge on any atom is -0.309 e. The van der Waals surface area contributed by atoms with Gasteiger partial charge >= 0.3 is 0 Å². The number of rotatable bonds is 10. The summed E-state index contributed by atoms with van der Waals surface area (Å²) in [6.07, 6.45) is 3.97. The van der Waals surface area contributed by atoms with Crippen LogP contribution in [0.25, 0.3) is 145 Å². The third kappa shape index (κ3) is 8.24. The molecule has 4 heterocycles. The standard InChI is InChI=1S/C75H49N5/c1-7-19-50(20-8-1)56-31-36-70-63(43-56)64-44-57(51-21-9-2-10-22-51)32-37-71(64)79(70)69-40-35-60(68-48-67(54-27-15-5-16-28-54)77-75(78-68)55-29-17-6-18-30-55)47-62(69)61-41-42-76-49-74(61)80-72-38-33-58(52-23-11-3-12-24-52)45-65(72)66-46-59(34-39-73(66)80)53-25-13-4-14-26-53/h1-49H. The summed E-state index contributed by atoms with van der Waals surface area (Å²) in [7, 11) is 0. The maximum Gasteiger partial charge on any atom is 0.160 e. The molecule has 80 heavy (non-hydrogen) atoms. The summed E-state index contributed by atoms with van der Waals surface area (Å²) in [5.74, 6) is 0.665. The van der Waals surface area contributed by atoms with Crippen molar-refractivity contribution in [3.63, 3.8) is 0 Å². The van der Waals surface area contributed by atoms with Crippen molar-refractivity contribution in [1.29, 1.82) is 0 Å². The number of hydrogen-bond donors (Lipinski definition) is 0. The highest BCUT2D eigenvalue weighted by molar-refractivity contribution is 6.14. The largest absolute Gasteiger partial charge is 0.309 e. The molecule has 11 aromatic carbocycles. The maximum atomic E-state index is 5.39. The van der Waals surface area contributed by atoms with Crippen molar-refractivity contribution in [3.05, 3.63) is 298 Å². The molecular formula is C75H49N5. The fourth-order valence-electron chi connectivity index (χ4n) is 11.8. The highest BCUT2D eigenvalue weighted by Crippen LogP contribution is 2.45. The second-order valence-corrected chi connectivity index (χ2v) is 20.4. The van der Waals surface area contributed by atoms with Crippen LogP contribution in [0.15, 0.2) is 298 Å². The number of fused-ring (bicyclic) bond motifs is 6. The zero-order valence-electron chi connectivity index (χ0n) is 43.5. The maximum absolute atomic E-state index is 5.39. The van der Waals surface area contributed by atoms with E-state index in [0.717, 1.165) is 94.5 Å². The summed E-state index contributed by atoms with van der Waals surface area (Å²) >= 11 is 0. The Bertz CT molecular complexity index is 4530. The lowest BCUT2D eigenvalue weighted by Crippen LogP contribution is -2.03.